The Balaban J connectivity index is 2.04. The molecule has 7 heteroatoms. The van der Waals surface area contributed by atoms with Gasteiger partial charge in [0.2, 0.25) is 0 Å². The number of hydrogen-bond acceptors (Lipinski definition) is 4. The number of carbonyl (C=O) groups is 1. The summed E-state index contributed by atoms with van der Waals surface area (Å²) in [6.45, 7) is 4.12. The van der Waals surface area contributed by atoms with Crippen molar-refractivity contribution in [2.45, 2.75) is 20.0 Å². The van der Waals surface area contributed by atoms with Crippen LogP contribution in [0.15, 0.2) is 48.5 Å². The lowest BCUT2D eigenvalue weighted by Crippen LogP contribution is -2.11. The van der Waals surface area contributed by atoms with Crippen LogP contribution in [-0.4, -0.2) is 19.1 Å². The van der Waals surface area contributed by atoms with Crippen LogP contribution in [0.1, 0.15) is 29.8 Å². The third-order valence-electron chi connectivity index (χ3n) is 3.35. The first-order valence-electron chi connectivity index (χ1n) is 7.99. The minimum atomic E-state index is -3.18. The van der Waals surface area contributed by atoms with Crippen LogP contribution in [0, 0.1) is 5.82 Å². The van der Waals surface area contributed by atoms with Gasteiger partial charge in [-0.15, -0.1) is 0 Å². The van der Waals surface area contributed by atoms with E-state index in [1.54, 1.807) is 38.1 Å². The van der Waals surface area contributed by atoms with Crippen LogP contribution in [0.5, 0.6) is 0 Å². The smallest absolute Gasteiger partial charge is 0.322 e. The number of rotatable bonds is 8. The number of halogens is 1. The van der Waals surface area contributed by atoms with Crippen LogP contribution in [0.3, 0.4) is 0 Å². The maximum Gasteiger partial charge on any atom is 0.335 e. The Bertz CT molecular complexity index is 737. The third kappa shape index (κ3) is 5.78. The highest BCUT2D eigenvalue weighted by atomic mass is 31.2. The maximum absolute atomic E-state index is 12.9. The molecule has 0 aliphatic carbocycles. The average molecular weight is 365 g/mol. The van der Waals surface area contributed by atoms with Crippen LogP contribution in [0.2, 0.25) is 0 Å². The largest absolute Gasteiger partial charge is 0.335 e. The summed E-state index contributed by atoms with van der Waals surface area (Å²) in [4.78, 5) is 12.2. The van der Waals surface area contributed by atoms with E-state index in [0.29, 0.717) is 24.5 Å². The van der Waals surface area contributed by atoms with E-state index in [1.165, 1.54) is 24.3 Å². The average Bonchev–Trinajstić information content (AvgIpc) is 2.58. The first kappa shape index (κ1) is 19.3. The zero-order chi connectivity index (χ0) is 18.3. The second kappa shape index (κ2) is 8.90. The fraction of sp³-hybridized carbons (Fsp3) is 0.278. The maximum atomic E-state index is 12.9. The monoisotopic (exact) mass is 365 g/mol. The zero-order valence-electron chi connectivity index (χ0n) is 14.2. The molecule has 0 aliphatic heterocycles. The second-order valence-corrected chi connectivity index (χ2v) is 7.32. The molecule has 0 bridgehead atoms. The molecule has 0 atom stereocenters. The first-order valence-corrected chi connectivity index (χ1v) is 9.72. The summed E-state index contributed by atoms with van der Waals surface area (Å²) in [7, 11) is -3.18. The Labute approximate surface area is 146 Å². The normalized spacial score (nSPS) is 11.3. The van der Waals surface area contributed by atoms with Gasteiger partial charge in [-0.25, -0.2) is 4.39 Å². The molecule has 2 aromatic rings. The van der Waals surface area contributed by atoms with Gasteiger partial charge in [-0.3, -0.25) is 9.36 Å². The van der Waals surface area contributed by atoms with E-state index in [4.69, 9.17) is 9.05 Å². The molecule has 0 unspecified atom stereocenters. The summed E-state index contributed by atoms with van der Waals surface area (Å²) in [5.74, 6) is -0.675. The summed E-state index contributed by atoms with van der Waals surface area (Å²) < 4.78 is 35.9. The van der Waals surface area contributed by atoms with Gasteiger partial charge in [-0.2, -0.15) is 0 Å². The van der Waals surface area contributed by atoms with Crippen molar-refractivity contribution in [1.82, 2.24) is 0 Å². The van der Waals surface area contributed by atoms with Crippen molar-refractivity contribution in [3.63, 3.8) is 0 Å². The molecular weight excluding hydrogens is 344 g/mol. The van der Waals surface area contributed by atoms with Gasteiger partial charge in [0.05, 0.1) is 19.4 Å². The molecule has 0 saturated carbocycles. The zero-order valence-corrected chi connectivity index (χ0v) is 15.1. The van der Waals surface area contributed by atoms with E-state index < -0.39 is 7.60 Å². The van der Waals surface area contributed by atoms with Gasteiger partial charge in [-0.05, 0) is 55.8 Å². The molecular formula is C18H21FNO4P. The molecule has 0 heterocycles. The van der Waals surface area contributed by atoms with Crippen LogP contribution >= 0.6 is 7.60 Å². The Morgan fingerprint density at radius 1 is 1.00 bits per heavy atom. The van der Waals surface area contributed by atoms with E-state index in [0.717, 1.165) is 5.56 Å². The molecule has 0 saturated heterocycles. The highest BCUT2D eigenvalue weighted by Crippen LogP contribution is 2.51. The lowest BCUT2D eigenvalue weighted by Gasteiger charge is -2.17. The number of carbonyl (C=O) groups excluding carboxylic acids is 1. The molecule has 2 aromatic carbocycles. The van der Waals surface area contributed by atoms with Crippen molar-refractivity contribution in [2.75, 3.05) is 18.5 Å². The molecule has 0 fully saturated rings. The van der Waals surface area contributed by atoms with Crippen molar-refractivity contribution in [3.8, 4) is 0 Å². The lowest BCUT2D eigenvalue weighted by molar-refractivity contribution is 0.102. The molecule has 0 spiro atoms. The number of benzene rings is 2. The highest BCUT2D eigenvalue weighted by molar-refractivity contribution is 7.53. The minimum absolute atomic E-state index is 0.147. The van der Waals surface area contributed by atoms with Gasteiger partial charge < -0.3 is 14.4 Å². The van der Waals surface area contributed by atoms with E-state index in [2.05, 4.69) is 5.32 Å². The SMILES string of the molecule is CCOP(=O)(Cc1ccc(C(=O)Nc2ccc(F)cc2)cc1)OCC. The molecule has 2 rings (SSSR count). The van der Waals surface area contributed by atoms with Gasteiger partial charge in [0.1, 0.15) is 5.82 Å². The van der Waals surface area contributed by atoms with Gasteiger partial charge in [0, 0.05) is 11.3 Å². The predicted molar refractivity (Wildman–Crippen MR) is 95.4 cm³/mol. The lowest BCUT2D eigenvalue weighted by atomic mass is 10.1. The first-order chi connectivity index (χ1) is 12.0. The standard InChI is InChI=1S/C18H21FNO4P/c1-3-23-25(22,24-4-2)13-14-5-7-15(8-6-14)18(21)20-17-11-9-16(19)10-12-17/h5-12H,3-4,13H2,1-2H3,(H,20,21). The van der Waals surface area contributed by atoms with Crippen LogP contribution in [0.4, 0.5) is 10.1 Å². The van der Waals surface area contributed by atoms with E-state index in [9.17, 15) is 13.8 Å². The van der Waals surface area contributed by atoms with Crippen molar-refractivity contribution in [1.29, 1.82) is 0 Å². The summed E-state index contributed by atoms with van der Waals surface area (Å²) in [6, 6.07) is 12.2. The van der Waals surface area contributed by atoms with Crippen LogP contribution < -0.4 is 5.32 Å². The third-order valence-corrected chi connectivity index (χ3v) is 5.40. The molecule has 0 radical (unpaired) electrons. The Morgan fingerprint density at radius 3 is 2.08 bits per heavy atom. The van der Waals surface area contributed by atoms with Crippen LogP contribution in [0.25, 0.3) is 0 Å². The summed E-state index contributed by atoms with van der Waals surface area (Å²) in [5.41, 5.74) is 1.70. The number of nitrogens with one attached hydrogen (secondary N) is 1. The van der Waals surface area contributed by atoms with Crippen molar-refractivity contribution >= 4 is 19.2 Å². The fourth-order valence-corrected chi connectivity index (χ4v) is 3.95. The molecule has 25 heavy (non-hydrogen) atoms. The van der Waals surface area contributed by atoms with Crippen molar-refractivity contribution in [2.24, 2.45) is 0 Å². The van der Waals surface area contributed by atoms with E-state index in [1.807, 2.05) is 0 Å². The van der Waals surface area contributed by atoms with Crippen LogP contribution in [-0.2, 0) is 19.8 Å². The fourth-order valence-electron chi connectivity index (χ4n) is 2.24. The Morgan fingerprint density at radius 2 is 1.56 bits per heavy atom. The highest BCUT2D eigenvalue weighted by Gasteiger charge is 2.24. The Kier molecular flexibility index (Phi) is 6.88. The summed E-state index contributed by atoms with van der Waals surface area (Å²) in [6.07, 6.45) is 0.147. The van der Waals surface area contributed by atoms with Gasteiger partial charge in [0.25, 0.3) is 5.91 Å². The molecule has 1 N–H and O–H groups in total. The van der Waals surface area contributed by atoms with Gasteiger partial charge in [0.15, 0.2) is 0 Å². The van der Waals surface area contributed by atoms with Gasteiger partial charge >= 0.3 is 7.60 Å². The topological polar surface area (TPSA) is 64.6 Å². The van der Waals surface area contributed by atoms with E-state index in [-0.39, 0.29) is 17.9 Å². The number of amides is 1. The molecule has 1 amide bonds. The molecule has 0 aliphatic rings. The summed E-state index contributed by atoms with van der Waals surface area (Å²) >= 11 is 0. The second-order valence-electron chi connectivity index (χ2n) is 5.26. The van der Waals surface area contributed by atoms with E-state index >= 15 is 0 Å². The van der Waals surface area contributed by atoms with Gasteiger partial charge in [-0.1, -0.05) is 12.1 Å². The molecule has 0 aromatic heterocycles. The summed E-state index contributed by atoms with van der Waals surface area (Å²) in [5, 5.41) is 2.68. The number of anilines is 1. The molecule has 5 nitrogen and oxygen atoms in total. The number of hydrogen-bond donors (Lipinski definition) is 1. The molecule has 134 valence electrons. The van der Waals surface area contributed by atoms with Crippen molar-refractivity contribution < 1.29 is 22.8 Å². The minimum Gasteiger partial charge on any atom is -0.322 e. The van der Waals surface area contributed by atoms with Crippen molar-refractivity contribution in [3.05, 3.63) is 65.5 Å². The predicted octanol–water partition coefficient (Wildman–Crippen LogP) is 4.84. The Hall–Kier alpha value is -2.01. The quantitative estimate of drug-likeness (QED) is 0.680.